The number of carbonyl (C=O) groups is 1. The van der Waals surface area contributed by atoms with Gasteiger partial charge < -0.3 is 14.7 Å². The molecule has 0 spiro atoms. The Hall–Kier alpha value is -2.75. The molecule has 0 radical (unpaired) electrons. The van der Waals surface area contributed by atoms with Crippen LogP contribution >= 0.6 is 0 Å². The van der Waals surface area contributed by atoms with Crippen LogP contribution in [-0.4, -0.2) is 47.1 Å². The molecule has 1 amide bonds. The Morgan fingerprint density at radius 2 is 1.58 bits per heavy atom. The SMILES string of the molecule is CC(C)(C)OC(=O)N1CCCC(Cc2cccc(-c3ccc(C(O)(C(F)(F)F)C(F)(F)F)cc3)c2)C1. The van der Waals surface area contributed by atoms with Crippen LogP contribution in [0.1, 0.15) is 44.7 Å². The predicted molar refractivity (Wildman–Crippen MR) is 122 cm³/mol. The van der Waals surface area contributed by atoms with Crippen LogP contribution in [0, 0.1) is 5.92 Å². The van der Waals surface area contributed by atoms with E-state index in [9.17, 15) is 36.2 Å². The van der Waals surface area contributed by atoms with Crippen molar-refractivity contribution in [2.75, 3.05) is 13.1 Å². The van der Waals surface area contributed by atoms with Crippen molar-refractivity contribution in [3.05, 3.63) is 59.7 Å². The van der Waals surface area contributed by atoms with Crippen LogP contribution in [-0.2, 0) is 16.8 Å². The molecule has 2 aromatic carbocycles. The Kier molecular flexibility index (Phi) is 7.70. The summed E-state index contributed by atoms with van der Waals surface area (Å²) in [4.78, 5) is 14.1. The minimum atomic E-state index is -5.93. The van der Waals surface area contributed by atoms with Crippen molar-refractivity contribution in [3.63, 3.8) is 0 Å². The smallest absolute Gasteiger partial charge is 0.430 e. The zero-order valence-corrected chi connectivity index (χ0v) is 20.2. The molecule has 1 atom stereocenters. The van der Waals surface area contributed by atoms with Crippen LogP contribution in [0.4, 0.5) is 31.1 Å². The summed E-state index contributed by atoms with van der Waals surface area (Å²) in [7, 11) is 0. The second kappa shape index (κ2) is 9.95. The first-order valence-corrected chi connectivity index (χ1v) is 11.5. The molecule has 0 saturated carbocycles. The van der Waals surface area contributed by atoms with Gasteiger partial charge in [0.1, 0.15) is 5.60 Å². The number of halogens is 6. The van der Waals surface area contributed by atoms with Crippen molar-refractivity contribution in [1.29, 1.82) is 0 Å². The average molecular weight is 518 g/mol. The largest absolute Gasteiger partial charge is 0.444 e. The standard InChI is InChI=1S/C26H29F6NO3/c1-23(2,3)36-22(34)33-13-5-7-18(16-33)14-17-6-4-8-20(15-17)19-9-11-21(12-10-19)24(35,25(27,28)29)26(30,31)32/h4,6,8-12,15,18,35H,5,7,13-14,16H2,1-3H3. The van der Waals surface area contributed by atoms with Crippen molar-refractivity contribution < 1.29 is 41.0 Å². The van der Waals surface area contributed by atoms with Crippen molar-refractivity contribution in [1.82, 2.24) is 4.90 Å². The van der Waals surface area contributed by atoms with Gasteiger partial charge in [-0.15, -0.1) is 0 Å². The van der Waals surface area contributed by atoms with Gasteiger partial charge in [0.15, 0.2) is 0 Å². The van der Waals surface area contributed by atoms with Crippen LogP contribution < -0.4 is 0 Å². The second-order valence-electron chi connectivity index (χ2n) is 10.1. The molecule has 1 saturated heterocycles. The second-order valence-corrected chi connectivity index (χ2v) is 10.1. The van der Waals surface area contributed by atoms with Gasteiger partial charge in [-0.25, -0.2) is 4.79 Å². The lowest BCUT2D eigenvalue weighted by atomic mass is 9.89. The number of carbonyl (C=O) groups excluding carboxylic acids is 1. The van der Waals surface area contributed by atoms with Crippen molar-refractivity contribution in [2.45, 2.75) is 63.6 Å². The Balaban J connectivity index is 1.76. The summed E-state index contributed by atoms with van der Waals surface area (Å²) in [6.07, 6.45) is -9.84. The van der Waals surface area contributed by atoms with Gasteiger partial charge >= 0.3 is 18.4 Å². The van der Waals surface area contributed by atoms with Gasteiger partial charge in [-0.05, 0) is 62.6 Å². The number of amides is 1. The zero-order chi connectivity index (χ0) is 26.9. The van der Waals surface area contributed by atoms with E-state index in [-0.39, 0.29) is 12.0 Å². The number of ether oxygens (including phenoxy) is 1. The lowest BCUT2D eigenvalue weighted by molar-refractivity contribution is -0.376. The van der Waals surface area contributed by atoms with E-state index >= 15 is 0 Å². The number of likely N-dealkylation sites (tertiary alicyclic amines) is 1. The lowest BCUT2D eigenvalue weighted by Gasteiger charge is -2.34. The minimum Gasteiger partial charge on any atom is -0.444 e. The Morgan fingerprint density at radius 1 is 0.972 bits per heavy atom. The van der Waals surface area contributed by atoms with Gasteiger partial charge in [-0.2, -0.15) is 26.3 Å². The monoisotopic (exact) mass is 517 g/mol. The van der Waals surface area contributed by atoms with Crippen molar-refractivity contribution >= 4 is 6.09 Å². The highest BCUT2D eigenvalue weighted by Gasteiger charge is 2.71. The molecule has 0 bridgehead atoms. The van der Waals surface area contributed by atoms with E-state index < -0.39 is 29.1 Å². The minimum absolute atomic E-state index is 0.178. The fourth-order valence-electron chi connectivity index (χ4n) is 4.33. The Bertz CT molecular complexity index is 1040. The van der Waals surface area contributed by atoms with E-state index in [4.69, 9.17) is 4.74 Å². The molecule has 2 aromatic rings. The molecule has 1 fully saturated rings. The number of piperidine rings is 1. The number of hydrogen-bond donors (Lipinski definition) is 1. The molecule has 0 aliphatic carbocycles. The van der Waals surface area contributed by atoms with E-state index in [1.165, 1.54) is 0 Å². The summed E-state index contributed by atoms with van der Waals surface area (Å²) in [5, 5.41) is 9.58. The van der Waals surface area contributed by atoms with Crippen molar-refractivity contribution in [2.24, 2.45) is 5.92 Å². The van der Waals surface area contributed by atoms with Crippen LogP contribution in [0.5, 0.6) is 0 Å². The number of rotatable bonds is 4. The molecule has 4 nitrogen and oxygen atoms in total. The maximum absolute atomic E-state index is 13.1. The topological polar surface area (TPSA) is 49.8 Å². The first-order chi connectivity index (χ1) is 16.5. The molecular weight excluding hydrogens is 488 g/mol. The maximum atomic E-state index is 13.1. The third-order valence-corrected chi connectivity index (χ3v) is 6.08. The quantitative estimate of drug-likeness (QED) is 0.451. The molecular formula is C26H29F6NO3. The van der Waals surface area contributed by atoms with E-state index in [0.29, 0.717) is 42.8 Å². The fourth-order valence-corrected chi connectivity index (χ4v) is 4.33. The van der Waals surface area contributed by atoms with Gasteiger partial charge in [0.05, 0.1) is 0 Å². The fraction of sp³-hybridized carbons (Fsp3) is 0.500. The van der Waals surface area contributed by atoms with Crippen LogP contribution in [0.15, 0.2) is 48.5 Å². The molecule has 198 valence electrons. The van der Waals surface area contributed by atoms with E-state index in [1.54, 1.807) is 37.8 Å². The van der Waals surface area contributed by atoms with E-state index in [0.717, 1.165) is 30.5 Å². The normalized spacial score (nSPS) is 17.7. The van der Waals surface area contributed by atoms with E-state index in [1.807, 2.05) is 12.1 Å². The van der Waals surface area contributed by atoms with Gasteiger partial charge in [0, 0.05) is 18.7 Å². The molecule has 1 aliphatic rings. The highest BCUT2D eigenvalue weighted by Crippen LogP contribution is 2.50. The number of nitrogens with zero attached hydrogens (tertiary/aromatic N) is 1. The predicted octanol–water partition coefficient (Wildman–Crippen LogP) is 6.86. The van der Waals surface area contributed by atoms with Crippen LogP contribution in [0.2, 0.25) is 0 Å². The molecule has 1 heterocycles. The molecule has 1 unspecified atom stereocenters. The Labute approximate surface area is 205 Å². The van der Waals surface area contributed by atoms with Crippen molar-refractivity contribution in [3.8, 4) is 11.1 Å². The number of alkyl halides is 6. The summed E-state index contributed by atoms with van der Waals surface area (Å²) in [6.45, 7) is 6.55. The maximum Gasteiger partial charge on any atom is 0.430 e. The summed E-state index contributed by atoms with van der Waals surface area (Å²) in [5.41, 5.74) is -4.90. The van der Waals surface area contributed by atoms with E-state index in [2.05, 4.69) is 0 Å². The molecule has 36 heavy (non-hydrogen) atoms. The van der Waals surface area contributed by atoms with Gasteiger partial charge in [0.25, 0.3) is 5.60 Å². The van der Waals surface area contributed by atoms with Crippen LogP contribution in [0.3, 0.4) is 0 Å². The van der Waals surface area contributed by atoms with Gasteiger partial charge in [-0.1, -0.05) is 48.5 Å². The third kappa shape index (κ3) is 6.14. The third-order valence-electron chi connectivity index (χ3n) is 6.08. The number of benzene rings is 2. The number of hydrogen-bond acceptors (Lipinski definition) is 3. The lowest BCUT2D eigenvalue weighted by Crippen LogP contribution is -2.53. The van der Waals surface area contributed by atoms with Gasteiger partial charge in [0.2, 0.25) is 0 Å². The highest BCUT2D eigenvalue weighted by molar-refractivity contribution is 5.68. The highest BCUT2D eigenvalue weighted by atomic mass is 19.4. The average Bonchev–Trinajstić information content (AvgIpc) is 2.76. The molecule has 10 heteroatoms. The summed E-state index contributed by atoms with van der Waals surface area (Å²) in [6, 6.07) is 10.7. The molecule has 1 N–H and O–H groups in total. The molecule has 3 rings (SSSR count). The first kappa shape index (κ1) is 27.8. The summed E-state index contributed by atoms with van der Waals surface area (Å²) in [5.74, 6) is 0.178. The summed E-state index contributed by atoms with van der Waals surface area (Å²) >= 11 is 0. The molecule has 0 aromatic heterocycles. The van der Waals surface area contributed by atoms with Gasteiger partial charge in [-0.3, -0.25) is 0 Å². The molecule has 1 aliphatic heterocycles. The zero-order valence-electron chi connectivity index (χ0n) is 20.2. The first-order valence-electron chi connectivity index (χ1n) is 11.5. The Morgan fingerprint density at radius 3 is 2.14 bits per heavy atom. The summed E-state index contributed by atoms with van der Waals surface area (Å²) < 4.78 is 84.3. The van der Waals surface area contributed by atoms with Crippen LogP contribution in [0.25, 0.3) is 11.1 Å². The number of aliphatic hydroxyl groups is 1.